The van der Waals surface area contributed by atoms with Crippen molar-refractivity contribution in [3.63, 3.8) is 0 Å². The quantitative estimate of drug-likeness (QED) is 0.906. The van der Waals surface area contributed by atoms with Gasteiger partial charge in [0.05, 0.1) is 6.10 Å². The Labute approximate surface area is 114 Å². The highest BCUT2D eigenvalue weighted by atomic mass is 16.6. The maximum atomic E-state index is 10.4. The summed E-state index contributed by atoms with van der Waals surface area (Å²) in [6.45, 7) is 1.20. The van der Waals surface area contributed by atoms with Crippen LogP contribution in [0.1, 0.15) is 50.2 Å². The van der Waals surface area contributed by atoms with Crippen LogP contribution in [0.4, 0.5) is 0 Å². The van der Waals surface area contributed by atoms with E-state index in [2.05, 4.69) is 0 Å². The van der Waals surface area contributed by atoms with Gasteiger partial charge in [0.1, 0.15) is 13.2 Å². The van der Waals surface area contributed by atoms with Crippen LogP contribution in [0.15, 0.2) is 18.2 Å². The predicted molar refractivity (Wildman–Crippen MR) is 73.6 cm³/mol. The standard InChI is InChI=1S/C16H22O3/c17-14(10-12-4-2-1-3-5-12)13-6-7-15-16(11-13)19-9-8-18-15/h6-7,11-12,14,17H,1-5,8-10H2. The minimum Gasteiger partial charge on any atom is -0.486 e. The molecule has 3 rings (SSSR count). The fraction of sp³-hybridized carbons (Fsp3) is 0.625. The molecular formula is C16H22O3. The van der Waals surface area contributed by atoms with E-state index in [9.17, 15) is 5.11 Å². The van der Waals surface area contributed by atoms with Crippen molar-refractivity contribution in [1.29, 1.82) is 0 Å². The first kappa shape index (κ1) is 12.8. The van der Waals surface area contributed by atoms with E-state index in [-0.39, 0.29) is 6.10 Å². The molecule has 19 heavy (non-hydrogen) atoms. The molecule has 0 bridgehead atoms. The Morgan fingerprint density at radius 2 is 1.79 bits per heavy atom. The average molecular weight is 262 g/mol. The Bertz CT molecular complexity index is 424. The molecule has 1 fully saturated rings. The largest absolute Gasteiger partial charge is 0.486 e. The summed E-state index contributed by atoms with van der Waals surface area (Å²) in [6, 6.07) is 5.80. The van der Waals surface area contributed by atoms with Crippen LogP contribution in [-0.2, 0) is 0 Å². The lowest BCUT2D eigenvalue weighted by molar-refractivity contribution is 0.129. The van der Waals surface area contributed by atoms with Crippen LogP contribution in [0.5, 0.6) is 11.5 Å². The van der Waals surface area contributed by atoms with Crippen LogP contribution in [0, 0.1) is 5.92 Å². The molecule has 3 heteroatoms. The van der Waals surface area contributed by atoms with E-state index in [0.29, 0.717) is 19.1 Å². The van der Waals surface area contributed by atoms with E-state index in [1.165, 1.54) is 32.1 Å². The first-order chi connectivity index (χ1) is 9.33. The molecule has 0 spiro atoms. The molecule has 1 atom stereocenters. The van der Waals surface area contributed by atoms with Gasteiger partial charge in [0.2, 0.25) is 0 Å². The maximum Gasteiger partial charge on any atom is 0.161 e. The van der Waals surface area contributed by atoms with E-state index in [4.69, 9.17) is 9.47 Å². The lowest BCUT2D eigenvalue weighted by atomic mass is 9.84. The number of aliphatic hydroxyl groups is 1. The molecule has 1 aromatic carbocycles. The summed E-state index contributed by atoms with van der Waals surface area (Å²) in [4.78, 5) is 0. The van der Waals surface area contributed by atoms with Gasteiger partial charge in [0.15, 0.2) is 11.5 Å². The number of aliphatic hydroxyl groups excluding tert-OH is 1. The number of hydrogen-bond donors (Lipinski definition) is 1. The van der Waals surface area contributed by atoms with E-state index < -0.39 is 0 Å². The Morgan fingerprint density at radius 3 is 2.58 bits per heavy atom. The van der Waals surface area contributed by atoms with Gasteiger partial charge in [-0.3, -0.25) is 0 Å². The Balaban J connectivity index is 1.67. The maximum absolute atomic E-state index is 10.4. The second-order valence-corrected chi connectivity index (χ2v) is 5.66. The molecule has 3 nitrogen and oxygen atoms in total. The topological polar surface area (TPSA) is 38.7 Å². The summed E-state index contributed by atoms with van der Waals surface area (Å²) >= 11 is 0. The Morgan fingerprint density at radius 1 is 1.05 bits per heavy atom. The summed E-state index contributed by atoms with van der Waals surface area (Å²) in [6.07, 6.45) is 7.02. The lowest BCUT2D eigenvalue weighted by Crippen LogP contribution is -2.16. The summed E-state index contributed by atoms with van der Waals surface area (Å²) in [7, 11) is 0. The molecule has 1 N–H and O–H groups in total. The number of ether oxygens (including phenoxy) is 2. The van der Waals surface area contributed by atoms with Gasteiger partial charge >= 0.3 is 0 Å². The van der Waals surface area contributed by atoms with Gasteiger partial charge in [-0.25, -0.2) is 0 Å². The molecule has 1 aliphatic carbocycles. The van der Waals surface area contributed by atoms with Crippen molar-refractivity contribution in [1.82, 2.24) is 0 Å². The van der Waals surface area contributed by atoms with Crippen LogP contribution in [0.2, 0.25) is 0 Å². The smallest absolute Gasteiger partial charge is 0.161 e. The SMILES string of the molecule is OC(CC1CCCCC1)c1ccc2c(c1)OCCO2. The van der Waals surface area contributed by atoms with Crippen molar-refractivity contribution in [3.8, 4) is 11.5 Å². The molecule has 0 radical (unpaired) electrons. The summed E-state index contributed by atoms with van der Waals surface area (Å²) < 4.78 is 11.1. The summed E-state index contributed by atoms with van der Waals surface area (Å²) in [5.41, 5.74) is 0.954. The highest BCUT2D eigenvalue weighted by molar-refractivity contribution is 5.44. The van der Waals surface area contributed by atoms with Crippen molar-refractivity contribution in [2.24, 2.45) is 5.92 Å². The van der Waals surface area contributed by atoms with E-state index in [1.807, 2.05) is 18.2 Å². The zero-order valence-electron chi connectivity index (χ0n) is 11.3. The molecule has 0 saturated heterocycles. The molecule has 0 amide bonds. The summed E-state index contributed by atoms with van der Waals surface area (Å²) in [5, 5.41) is 10.4. The monoisotopic (exact) mass is 262 g/mol. The van der Waals surface area contributed by atoms with Crippen LogP contribution in [0.25, 0.3) is 0 Å². The second kappa shape index (κ2) is 5.83. The fourth-order valence-electron chi connectivity index (χ4n) is 3.14. The molecule has 104 valence electrons. The van der Waals surface area contributed by atoms with Crippen LogP contribution < -0.4 is 9.47 Å². The molecule has 1 aromatic rings. The van der Waals surface area contributed by atoms with Gasteiger partial charge in [0, 0.05) is 0 Å². The number of benzene rings is 1. The van der Waals surface area contributed by atoms with Crippen molar-refractivity contribution < 1.29 is 14.6 Å². The molecule has 1 aliphatic heterocycles. The highest BCUT2D eigenvalue weighted by Crippen LogP contribution is 2.36. The van der Waals surface area contributed by atoms with Gasteiger partial charge in [-0.2, -0.15) is 0 Å². The van der Waals surface area contributed by atoms with E-state index in [0.717, 1.165) is 23.5 Å². The Kier molecular flexibility index (Phi) is 3.92. The number of fused-ring (bicyclic) bond motifs is 1. The first-order valence-electron chi connectivity index (χ1n) is 7.40. The van der Waals surface area contributed by atoms with Gasteiger partial charge < -0.3 is 14.6 Å². The van der Waals surface area contributed by atoms with Gasteiger partial charge in [-0.05, 0) is 30.0 Å². The minimum atomic E-state index is -0.376. The third kappa shape index (κ3) is 3.03. The zero-order valence-corrected chi connectivity index (χ0v) is 11.3. The zero-order chi connectivity index (χ0) is 13.1. The third-order valence-corrected chi connectivity index (χ3v) is 4.23. The number of rotatable bonds is 3. The lowest BCUT2D eigenvalue weighted by Gasteiger charge is -2.25. The van der Waals surface area contributed by atoms with E-state index in [1.54, 1.807) is 0 Å². The van der Waals surface area contributed by atoms with Gasteiger partial charge in [-0.1, -0.05) is 38.2 Å². The minimum absolute atomic E-state index is 0.376. The molecule has 0 aromatic heterocycles. The van der Waals surface area contributed by atoms with Gasteiger partial charge in [0.25, 0.3) is 0 Å². The predicted octanol–water partition coefficient (Wildman–Crippen LogP) is 3.46. The second-order valence-electron chi connectivity index (χ2n) is 5.66. The Hall–Kier alpha value is -1.22. The van der Waals surface area contributed by atoms with Crippen molar-refractivity contribution in [2.75, 3.05) is 13.2 Å². The summed E-state index contributed by atoms with van der Waals surface area (Å²) in [5.74, 6) is 2.24. The molecule has 1 unspecified atom stereocenters. The average Bonchev–Trinajstić information content (AvgIpc) is 2.48. The van der Waals surface area contributed by atoms with Gasteiger partial charge in [-0.15, -0.1) is 0 Å². The highest BCUT2D eigenvalue weighted by Gasteiger charge is 2.20. The molecular weight excluding hydrogens is 240 g/mol. The van der Waals surface area contributed by atoms with Crippen LogP contribution >= 0.6 is 0 Å². The van der Waals surface area contributed by atoms with Crippen LogP contribution in [-0.4, -0.2) is 18.3 Å². The first-order valence-corrected chi connectivity index (χ1v) is 7.40. The fourth-order valence-corrected chi connectivity index (χ4v) is 3.14. The molecule has 2 aliphatic rings. The van der Waals surface area contributed by atoms with E-state index >= 15 is 0 Å². The van der Waals surface area contributed by atoms with Crippen molar-refractivity contribution in [3.05, 3.63) is 23.8 Å². The molecule has 1 saturated carbocycles. The van der Waals surface area contributed by atoms with Crippen molar-refractivity contribution in [2.45, 2.75) is 44.6 Å². The molecule has 1 heterocycles. The van der Waals surface area contributed by atoms with Crippen LogP contribution in [0.3, 0.4) is 0 Å². The third-order valence-electron chi connectivity index (χ3n) is 4.23. The van der Waals surface area contributed by atoms with Crippen molar-refractivity contribution >= 4 is 0 Å². The number of hydrogen-bond acceptors (Lipinski definition) is 3. The normalized spacial score (nSPS) is 21.1.